The van der Waals surface area contributed by atoms with Crippen LogP contribution in [0.1, 0.15) is 6.42 Å². The lowest BCUT2D eigenvalue weighted by Crippen LogP contribution is -2.50. The number of hydrogen-bond donors (Lipinski definition) is 1. The number of hydroxylamine groups is 2. The third-order valence-electron chi connectivity index (χ3n) is 4.08. The number of imidazole rings is 1. The van der Waals surface area contributed by atoms with Crippen LogP contribution in [-0.2, 0) is 4.84 Å². The van der Waals surface area contributed by atoms with Gasteiger partial charge in [0.2, 0.25) is 0 Å². The van der Waals surface area contributed by atoms with Gasteiger partial charge in [0.25, 0.3) is 0 Å². The molecule has 0 bridgehead atoms. The third kappa shape index (κ3) is 2.50. The first-order chi connectivity index (χ1) is 11.4. The van der Waals surface area contributed by atoms with Crippen molar-refractivity contribution in [3.05, 3.63) is 24.8 Å². The lowest BCUT2D eigenvalue weighted by Gasteiger charge is -2.35. The molecular weight excluding hydrogens is 294 g/mol. The maximum Gasteiger partial charge on any atom is 0.139 e. The minimum Gasteiger partial charge on any atom is -0.346 e. The van der Waals surface area contributed by atoms with Gasteiger partial charge in [0.05, 0.1) is 25.3 Å². The van der Waals surface area contributed by atoms with Crippen LogP contribution in [-0.4, -0.2) is 57.5 Å². The second-order valence-electron chi connectivity index (χ2n) is 5.45. The van der Waals surface area contributed by atoms with E-state index in [-0.39, 0.29) is 0 Å². The van der Waals surface area contributed by atoms with Crippen molar-refractivity contribution in [2.45, 2.75) is 6.42 Å². The highest BCUT2D eigenvalue weighted by Gasteiger charge is 2.20. The Hall–Kier alpha value is -2.63. The molecule has 0 amide bonds. The largest absolute Gasteiger partial charge is 0.346 e. The number of fused-ring (bicyclic) bond motifs is 3. The molecule has 1 saturated heterocycles. The van der Waals surface area contributed by atoms with Crippen molar-refractivity contribution in [2.75, 3.05) is 37.8 Å². The minimum absolute atomic E-state index is 0.421. The van der Waals surface area contributed by atoms with E-state index in [0.717, 1.165) is 48.2 Å². The molecule has 4 rings (SSSR count). The van der Waals surface area contributed by atoms with Crippen LogP contribution in [0, 0.1) is 11.3 Å². The number of pyridine rings is 1. The van der Waals surface area contributed by atoms with E-state index in [1.165, 1.54) is 0 Å². The molecule has 0 radical (unpaired) electrons. The minimum atomic E-state index is 0.421. The Bertz CT molecular complexity index is 854. The van der Waals surface area contributed by atoms with Crippen molar-refractivity contribution < 1.29 is 4.84 Å². The quantitative estimate of drug-likeness (QED) is 0.724. The van der Waals surface area contributed by atoms with Crippen molar-refractivity contribution in [3.8, 4) is 6.07 Å². The topological polar surface area (TPSA) is 86.0 Å². The van der Waals surface area contributed by atoms with Gasteiger partial charge in [-0.25, -0.2) is 14.6 Å². The zero-order valence-corrected chi connectivity index (χ0v) is 12.6. The lowest BCUT2D eigenvalue weighted by atomic mass is 10.3. The van der Waals surface area contributed by atoms with Gasteiger partial charge in [0, 0.05) is 37.8 Å². The van der Waals surface area contributed by atoms with Gasteiger partial charge in [-0.1, -0.05) is 0 Å². The fourth-order valence-corrected chi connectivity index (χ4v) is 2.95. The summed E-state index contributed by atoms with van der Waals surface area (Å²) in [7, 11) is 0. The molecule has 1 fully saturated rings. The van der Waals surface area contributed by atoms with E-state index < -0.39 is 0 Å². The van der Waals surface area contributed by atoms with Crippen molar-refractivity contribution >= 4 is 22.1 Å². The molecule has 0 saturated carbocycles. The standard InChI is InChI=1S/C15H17N7O/c16-3-1-9-23-21-7-5-20(6-8-21)22-11-19-13-10-18-15-12(14(13)22)2-4-17-15/h2,4,10-11H,1,5-9H2,(H,17,18). The van der Waals surface area contributed by atoms with E-state index in [1.807, 2.05) is 23.7 Å². The van der Waals surface area contributed by atoms with Crippen LogP contribution in [0.25, 0.3) is 22.1 Å². The first kappa shape index (κ1) is 14.0. The molecular formula is C15H17N7O. The maximum atomic E-state index is 8.56. The number of nitriles is 1. The Morgan fingerprint density at radius 3 is 2.96 bits per heavy atom. The third-order valence-corrected chi connectivity index (χ3v) is 4.08. The molecule has 0 atom stereocenters. The molecule has 1 aliphatic heterocycles. The van der Waals surface area contributed by atoms with E-state index in [4.69, 9.17) is 10.1 Å². The SMILES string of the molecule is N#CCCON1CCN(n2cnc3cnc4[nH]ccc4c32)CC1. The molecule has 4 heterocycles. The summed E-state index contributed by atoms with van der Waals surface area (Å²) in [6.45, 7) is 3.73. The number of nitrogens with zero attached hydrogens (tertiary/aromatic N) is 6. The molecule has 118 valence electrons. The Labute approximate surface area is 132 Å². The number of nitrogens with one attached hydrogen (secondary N) is 1. The Kier molecular flexibility index (Phi) is 3.57. The smallest absolute Gasteiger partial charge is 0.139 e. The second-order valence-corrected chi connectivity index (χ2v) is 5.45. The van der Waals surface area contributed by atoms with Gasteiger partial charge >= 0.3 is 0 Å². The van der Waals surface area contributed by atoms with Gasteiger partial charge in [-0.15, -0.1) is 0 Å². The Morgan fingerprint density at radius 2 is 2.13 bits per heavy atom. The predicted octanol–water partition coefficient (Wildman–Crippen LogP) is 1.01. The molecule has 0 aromatic carbocycles. The molecule has 8 heteroatoms. The molecule has 0 aliphatic carbocycles. The maximum absolute atomic E-state index is 8.56. The summed E-state index contributed by atoms with van der Waals surface area (Å²) < 4.78 is 2.11. The summed E-state index contributed by atoms with van der Waals surface area (Å²) in [4.78, 5) is 17.6. The molecule has 3 aromatic heterocycles. The number of aromatic nitrogens is 4. The summed E-state index contributed by atoms with van der Waals surface area (Å²) in [5.74, 6) is 0. The summed E-state index contributed by atoms with van der Waals surface area (Å²) >= 11 is 0. The summed E-state index contributed by atoms with van der Waals surface area (Å²) in [5.41, 5.74) is 2.85. The molecule has 1 N–H and O–H groups in total. The van der Waals surface area contributed by atoms with Gasteiger partial charge in [-0.2, -0.15) is 10.3 Å². The van der Waals surface area contributed by atoms with Crippen molar-refractivity contribution in [3.63, 3.8) is 0 Å². The molecule has 0 spiro atoms. The molecule has 3 aromatic rings. The Morgan fingerprint density at radius 1 is 1.26 bits per heavy atom. The normalized spacial score (nSPS) is 16.2. The van der Waals surface area contributed by atoms with Gasteiger partial charge < -0.3 is 9.99 Å². The van der Waals surface area contributed by atoms with Crippen LogP contribution in [0.2, 0.25) is 0 Å². The second kappa shape index (κ2) is 5.87. The average Bonchev–Trinajstić information content (AvgIpc) is 3.21. The van der Waals surface area contributed by atoms with Crippen molar-refractivity contribution in [2.24, 2.45) is 0 Å². The molecule has 23 heavy (non-hydrogen) atoms. The summed E-state index contributed by atoms with van der Waals surface area (Å²) in [6, 6.07) is 4.12. The van der Waals surface area contributed by atoms with E-state index in [2.05, 4.69) is 30.7 Å². The van der Waals surface area contributed by atoms with Crippen LogP contribution in [0.15, 0.2) is 24.8 Å². The van der Waals surface area contributed by atoms with Gasteiger partial charge in [-0.05, 0) is 6.07 Å². The Balaban J connectivity index is 1.54. The van der Waals surface area contributed by atoms with Crippen LogP contribution in [0.4, 0.5) is 0 Å². The fourth-order valence-electron chi connectivity index (χ4n) is 2.95. The van der Waals surface area contributed by atoms with Crippen molar-refractivity contribution in [1.82, 2.24) is 24.7 Å². The number of piperazine rings is 1. The fraction of sp³-hybridized carbons (Fsp3) is 0.400. The zero-order chi connectivity index (χ0) is 15.6. The number of hydrogen-bond acceptors (Lipinski definition) is 6. The van der Waals surface area contributed by atoms with Crippen LogP contribution < -0.4 is 5.01 Å². The van der Waals surface area contributed by atoms with E-state index in [9.17, 15) is 0 Å². The van der Waals surface area contributed by atoms with Crippen molar-refractivity contribution in [1.29, 1.82) is 5.26 Å². The molecule has 8 nitrogen and oxygen atoms in total. The predicted molar refractivity (Wildman–Crippen MR) is 85.1 cm³/mol. The average molecular weight is 311 g/mol. The summed E-state index contributed by atoms with van der Waals surface area (Å²) in [6.07, 6.45) is 5.97. The van der Waals surface area contributed by atoms with Crippen LogP contribution in [0.3, 0.4) is 0 Å². The van der Waals surface area contributed by atoms with Crippen LogP contribution >= 0.6 is 0 Å². The molecule has 0 unspecified atom stereocenters. The number of rotatable bonds is 4. The van der Waals surface area contributed by atoms with E-state index in [1.54, 1.807) is 6.20 Å². The van der Waals surface area contributed by atoms with Gasteiger partial charge in [-0.3, -0.25) is 4.84 Å². The van der Waals surface area contributed by atoms with Gasteiger partial charge in [0.1, 0.15) is 23.0 Å². The highest BCUT2D eigenvalue weighted by molar-refractivity contribution is 6.01. The van der Waals surface area contributed by atoms with Crippen LogP contribution in [0.5, 0.6) is 0 Å². The first-order valence-electron chi connectivity index (χ1n) is 7.66. The number of H-pyrrole nitrogens is 1. The zero-order valence-electron chi connectivity index (χ0n) is 12.6. The van der Waals surface area contributed by atoms with E-state index >= 15 is 0 Å². The summed E-state index contributed by atoms with van der Waals surface area (Å²) in [5, 5.41) is 13.8. The highest BCUT2D eigenvalue weighted by Crippen LogP contribution is 2.22. The molecule has 1 aliphatic rings. The van der Waals surface area contributed by atoms with E-state index in [0.29, 0.717) is 13.0 Å². The lowest BCUT2D eigenvalue weighted by molar-refractivity contribution is -0.161. The highest BCUT2D eigenvalue weighted by atomic mass is 16.7. The first-order valence-corrected chi connectivity index (χ1v) is 7.66. The number of aromatic amines is 1. The monoisotopic (exact) mass is 311 g/mol. The van der Waals surface area contributed by atoms with Gasteiger partial charge in [0.15, 0.2) is 0 Å².